The van der Waals surface area contributed by atoms with Gasteiger partial charge in [0.05, 0.1) is 25.1 Å². The number of rotatable bonds is 1. The van der Waals surface area contributed by atoms with E-state index in [0.29, 0.717) is 0 Å². The Labute approximate surface area is 175 Å². The third kappa shape index (κ3) is 2.04. The summed E-state index contributed by atoms with van der Waals surface area (Å²) in [7, 11) is 0. The van der Waals surface area contributed by atoms with Gasteiger partial charge in [-0.05, 0) is 24.3 Å². The van der Waals surface area contributed by atoms with Crippen molar-refractivity contribution in [2.75, 3.05) is 0 Å². The molecule has 3 aromatic heterocycles. The molecule has 0 aliphatic rings. The average Bonchev–Trinajstić information content (AvgIpc) is 3.42. The van der Waals surface area contributed by atoms with Crippen molar-refractivity contribution in [1.29, 1.82) is 0 Å². The maximum atomic E-state index is 2.44. The van der Waals surface area contributed by atoms with Gasteiger partial charge in [0.15, 0.2) is 0 Å². The topological polar surface area (TPSA) is 4.93 Å². The van der Waals surface area contributed by atoms with Crippen LogP contribution < -0.4 is 0 Å². The summed E-state index contributed by atoms with van der Waals surface area (Å²) in [6.45, 7) is 0. The summed E-state index contributed by atoms with van der Waals surface area (Å²) in [6.07, 6.45) is 0. The van der Waals surface area contributed by atoms with E-state index in [2.05, 4.69) is 95.6 Å². The summed E-state index contributed by atoms with van der Waals surface area (Å²) in [6, 6.07) is 32.9. The molecule has 0 unspecified atom stereocenters. The molecule has 1 nitrogen and oxygen atoms in total. The largest absolute Gasteiger partial charge is 0.308 e. The molecule has 0 saturated heterocycles. The Balaban J connectivity index is 1.75. The summed E-state index contributed by atoms with van der Waals surface area (Å²) < 4.78 is 8.03. The lowest BCUT2D eigenvalue weighted by Gasteiger charge is -2.08. The Morgan fingerprint density at radius 3 is 2.07 bits per heavy atom. The van der Waals surface area contributed by atoms with Gasteiger partial charge in [0.1, 0.15) is 0 Å². The molecule has 0 bridgehead atoms. The number of para-hydroxylation sites is 2. The minimum Gasteiger partial charge on any atom is -0.308 e. The fourth-order valence-electron chi connectivity index (χ4n) is 4.56. The van der Waals surface area contributed by atoms with Gasteiger partial charge in [0, 0.05) is 31.9 Å². The average molecular weight is 406 g/mol. The van der Waals surface area contributed by atoms with Gasteiger partial charge in [0.25, 0.3) is 0 Å². The van der Waals surface area contributed by atoms with Gasteiger partial charge >= 0.3 is 0 Å². The van der Waals surface area contributed by atoms with Gasteiger partial charge in [0.2, 0.25) is 0 Å². The maximum absolute atomic E-state index is 2.44. The van der Waals surface area contributed by atoms with E-state index < -0.39 is 0 Å². The van der Waals surface area contributed by atoms with Crippen LogP contribution in [0.3, 0.4) is 0 Å². The monoisotopic (exact) mass is 405 g/mol. The number of nitrogens with zero attached hydrogens (tertiary/aromatic N) is 1. The highest BCUT2D eigenvalue weighted by Gasteiger charge is 2.19. The molecular weight excluding hydrogens is 390 g/mol. The van der Waals surface area contributed by atoms with Crippen molar-refractivity contribution < 1.29 is 0 Å². The Morgan fingerprint density at radius 1 is 0.483 bits per heavy atom. The number of benzene rings is 4. The van der Waals surface area contributed by atoms with E-state index in [1.807, 2.05) is 22.7 Å². The van der Waals surface area contributed by atoms with E-state index in [1.54, 1.807) is 0 Å². The molecule has 7 rings (SSSR count). The molecule has 0 amide bonds. The van der Waals surface area contributed by atoms with Gasteiger partial charge in [-0.1, -0.05) is 66.7 Å². The van der Waals surface area contributed by atoms with Crippen LogP contribution >= 0.6 is 22.7 Å². The van der Waals surface area contributed by atoms with Crippen LogP contribution in [0.5, 0.6) is 0 Å². The molecule has 0 fully saturated rings. The van der Waals surface area contributed by atoms with Crippen molar-refractivity contribution in [1.82, 2.24) is 4.57 Å². The summed E-state index contributed by atoms with van der Waals surface area (Å²) >= 11 is 3.86. The first-order valence-electron chi connectivity index (χ1n) is 9.71. The molecule has 0 spiro atoms. The third-order valence-corrected chi connectivity index (χ3v) is 8.38. The standard InChI is InChI=1S/C26H15NS2/c1-2-8-16(9-3-1)27-21-12-6-4-10-17(21)18-14-15-20-24(23(18)27)29-25-19-11-5-7-13-22(19)28-26(20)25/h1-15H. The highest BCUT2D eigenvalue weighted by atomic mass is 32.1. The summed E-state index contributed by atoms with van der Waals surface area (Å²) in [5.41, 5.74) is 3.81. The van der Waals surface area contributed by atoms with Crippen molar-refractivity contribution in [3.8, 4) is 5.69 Å². The van der Waals surface area contributed by atoms with Crippen LogP contribution in [-0.2, 0) is 0 Å². The molecule has 7 aromatic rings. The summed E-state index contributed by atoms with van der Waals surface area (Å²) in [5, 5.41) is 5.40. The molecule has 3 heteroatoms. The third-order valence-electron chi connectivity index (χ3n) is 5.80. The van der Waals surface area contributed by atoms with Crippen molar-refractivity contribution in [3.63, 3.8) is 0 Å². The summed E-state index contributed by atoms with van der Waals surface area (Å²) in [5.74, 6) is 0. The van der Waals surface area contributed by atoms with Crippen LogP contribution in [0.15, 0.2) is 91.0 Å². The smallest absolute Gasteiger partial charge is 0.0720 e. The van der Waals surface area contributed by atoms with E-state index in [4.69, 9.17) is 0 Å². The van der Waals surface area contributed by atoms with Crippen molar-refractivity contribution >= 4 is 74.1 Å². The highest BCUT2D eigenvalue weighted by Crippen LogP contribution is 2.47. The Hall–Kier alpha value is -3.14. The quantitative estimate of drug-likeness (QED) is 0.258. The Bertz CT molecular complexity index is 1700. The maximum Gasteiger partial charge on any atom is 0.0720 e. The molecule has 136 valence electrons. The van der Waals surface area contributed by atoms with Crippen molar-refractivity contribution in [3.05, 3.63) is 91.0 Å². The van der Waals surface area contributed by atoms with Crippen LogP contribution in [0.25, 0.3) is 57.1 Å². The molecule has 3 heterocycles. The van der Waals surface area contributed by atoms with Crippen LogP contribution in [0.1, 0.15) is 0 Å². The molecule has 0 radical (unpaired) electrons. The first-order valence-corrected chi connectivity index (χ1v) is 11.3. The van der Waals surface area contributed by atoms with E-state index in [1.165, 1.54) is 57.1 Å². The molecule has 0 N–H and O–H groups in total. The van der Waals surface area contributed by atoms with E-state index in [9.17, 15) is 0 Å². The lowest BCUT2D eigenvalue weighted by atomic mass is 10.1. The SMILES string of the molecule is c1ccc(-n2c3ccccc3c3ccc4c5sc6ccccc6c5sc4c32)cc1. The highest BCUT2D eigenvalue weighted by molar-refractivity contribution is 7.37. The zero-order valence-corrected chi connectivity index (χ0v) is 17.1. The molecule has 29 heavy (non-hydrogen) atoms. The predicted octanol–water partition coefficient (Wildman–Crippen LogP) is 8.37. The fraction of sp³-hybridized carbons (Fsp3) is 0. The minimum atomic E-state index is 1.22. The number of hydrogen-bond donors (Lipinski definition) is 0. The Morgan fingerprint density at radius 2 is 1.17 bits per heavy atom. The van der Waals surface area contributed by atoms with Crippen molar-refractivity contribution in [2.45, 2.75) is 0 Å². The van der Waals surface area contributed by atoms with Crippen LogP contribution in [-0.4, -0.2) is 4.57 Å². The first-order chi connectivity index (χ1) is 14.4. The second-order valence-corrected chi connectivity index (χ2v) is 9.46. The molecule has 0 atom stereocenters. The van der Waals surface area contributed by atoms with Gasteiger partial charge in [-0.3, -0.25) is 0 Å². The van der Waals surface area contributed by atoms with Gasteiger partial charge in [-0.2, -0.15) is 0 Å². The lowest BCUT2D eigenvalue weighted by Crippen LogP contribution is -1.92. The zero-order chi connectivity index (χ0) is 18.9. The minimum absolute atomic E-state index is 1.22. The molecule has 0 saturated carbocycles. The second-order valence-electron chi connectivity index (χ2n) is 7.39. The number of thiophene rings is 2. The van der Waals surface area contributed by atoms with E-state index in [0.717, 1.165) is 0 Å². The Kier molecular flexibility index (Phi) is 3.09. The van der Waals surface area contributed by atoms with Crippen LogP contribution in [0, 0.1) is 0 Å². The second kappa shape index (κ2) is 5.69. The van der Waals surface area contributed by atoms with E-state index in [-0.39, 0.29) is 0 Å². The molecular formula is C26H15NS2. The van der Waals surface area contributed by atoms with Gasteiger partial charge < -0.3 is 4.57 Å². The number of aromatic nitrogens is 1. The normalized spacial score (nSPS) is 12.1. The number of fused-ring (bicyclic) bond motifs is 9. The summed E-state index contributed by atoms with van der Waals surface area (Å²) in [4.78, 5) is 0. The van der Waals surface area contributed by atoms with E-state index >= 15 is 0 Å². The first kappa shape index (κ1) is 15.7. The zero-order valence-electron chi connectivity index (χ0n) is 15.4. The molecule has 4 aromatic carbocycles. The van der Waals surface area contributed by atoms with Gasteiger partial charge in [-0.25, -0.2) is 0 Å². The predicted molar refractivity (Wildman–Crippen MR) is 129 cm³/mol. The van der Waals surface area contributed by atoms with Crippen LogP contribution in [0.4, 0.5) is 0 Å². The van der Waals surface area contributed by atoms with Crippen molar-refractivity contribution in [2.24, 2.45) is 0 Å². The molecule has 0 aliphatic carbocycles. The molecule has 0 aliphatic heterocycles. The van der Waals surface area contributed by atoms with Gasteiger partial charge in [-0.15, -0.1) is 22.7 Å². The number of hydrogen-bond acceptors (Lipinski definition) is 2. The fourth-order valence-corrected chi connectivity index (χ4v) is 7.34. The lowest BCUT2D eigenvalue weighted by molar-refractivity contribution is 1.19. The van der Waals surface area contributed by atoms with Crippen LogP contribution in [0.2, 0.25) is 0 Å².